The van der Waals surface area contributed by atoms with E-state index < -0.39 is 0 Å². The van der Waals surface area contributed by atoms with Crippen molar-refractivity contribution < 1.29 is 13.9 Å². The predicted molar refractivity (Wildman–Crippen MR) is 126 cm³/mol. The molecule has 0 N–H and O–H groups in total. The van der Waals surface area contributed by atoms with Gasteiger partial charge in [0.05, 0.1) is 5.52 Å². The van der Waals surface area contributed by atoms with Crippen LogP contribution in [0.1, 0.15) is 16.7 Å². The van der Waals surface area contributed by atoms with Crippen molar-refractivity contribution in [2.45, 2.75) is 20.4 Å². The smallest absolute Gasteiger partial charge is 0.163 e. The van der Waals surface area contributed by atoms with Crippen molar-refractivity contribution in [2.24, 2.45) is 0 Å². The molecule has 0 aromatic heterocycles. The lowest BCUT2D eigenvalue weighted by Crippen LogP contribution is -2.15. The molecular formula is C27H22FN3O2. The zero-order chi connectivity index (χ0) is 22.5. The van der Waals surface area contributed by atoms with E-state index in [1.807, 2.05) is 24.3 Å². The first-order chi connectivity index (χ1) is 16.1. The fourth-order valence-corrected chi connectivity index (χ4v) is 4.39. The minimum Gasteiger partial charge on any atom is -0.486 e. The third-order valence-corrected chi connectivity index (χ3v) is 6.32. The fourth-order valence-electron chi connectivity index (χ4n) is 4.39. The van der Waals surface area contributed by atoms with Crippen molar-refractivity contribution in [1.29, 1.82) is 0 Å². The first-order valence-corrected chi connectivity index (χ1v) is 11.0. The third kappa shape index (κ3) is 3.39. The molecule has 0 spiro atoms. The summed E-state index contributed by atoms with van der Waals surface area (Å²) in [7, 11) is 0. The quantitative estimate of drug-likeness (QED) is 0.358. The molecule has 6 heteroatoms. The Hall–Kier alpha value is -3.93. The SMILES string of the molecule is Cc1ccc(-c2nnc3c4cc5c(cc4n(Cc4ccc(F)cc4)cc2-3)OCCO5)cc1C. The number of hydrogen-bond acceptors (Lipinski definition) is 4. The number of fused-ring (bicyclic) bond motifs is 4. The molecular weight excluding hydrogens is 417 g/mol. The summed E-state index contributed by atoms with van der Waals surface area (Å²) in [4.78, 5) is 0. The van der Waals surface area contributed by atoms with Gasteiger partial charge in [0.1, 0.15) is 30.4 Å². The normalized spacial score (nSPS) is 13.1. The topological polar surface area (TPSA) is 49.2 Å². The highest BCUT2D eigenvalue weighted by atomic mass is 19.1. The number of rotatable bonds is 3. The standard InChI is InChI=1S/C27H22FN3O2/c1-16-3-6-19(11-17(16)2)26-22-15-31(14-18-4-7-20(28)8-5-18)23-13-25-24(32-9-10-33-25)12-21(23)27(22)30-29-26/h3-8,11-13,15H,9-10,14H2,1-2H3. The zero-order valence-electron chi connectivity index (χ0n) is 18.4. The summed E-state index contributed by atoms with van der Waals surface area (Å²) in [6.45, 7) is 5.81. The highest BCUT2D eigenvalue weighted by Gasteiger charge is 2.23. The largest absolute Gasteiger partial charge is 0.486 e. The first kappa shape index (κ1) is 19.7. The number of ether oxygens (including phenoxy) is 2. The van der Waals surface area contributed by atoms with E-state index in [1.165, 1.54) is 23.3 Å². The molecule has 6 rings (SSSR count). The lowest BCUT2D eigenvalue weighted by molar-refractivity contribution is 0.172. The summed E-state index contributed by atoms with van der Waals surface area (Å²) in [6.07, 6.45) is 2.08. The number of aryl methyl sites for hydroxylation is 2. The van der Waals surface area contributed by atoms with Crippen LogP contribution in [0.15, 0.2) is 60.8 Å². The van der Waals surface area contributed by atoms with Crippen LogP contribution in [0, 0.1) is 19.7 Å². The monoisotopic (exact) mass is 439 g/mol. The van der Waals surface area contributed by atoms with Crippen LogP contribution in [0.5, 0.6) is 11.5 Å². The van der Waals surface area contributed by atoms with Gasteiger partial charge in [-0.3, -0.25) is 0 Å². The molecule has 0 amide bonds. The number of benzene rings is 3. The number of nitrogens with zero attached hydrogens (tertiary/aromatic N) is 3. The van der Waals surface area contributed by atoms with E-state index in [0.29, 0.717) is 25.5 Å². The van der Waals surface area contributed by atoms with Crippen LogP contribution in [0.3, 0.4) is 0 Å². The maximum atomic E-state index is 13.5. The Balaban J connectivity index is 1.59. The molecule has 3 aliphatic heterocycles. The van der Waals surface area contributed by atoms with Gasteiger partial charge >= 0.3 is 0 Å². The summed E-state index contributed by atoms with van der Waals surface area (Å²) in [5.74, 6) is 1.19. The third-order valence-electron chi connectivity index (χ3n) is 6.32. The Morgan fingerprint density at radius 2 is 1.58 bits per heavy atom. The van der Waals surface area contributed by atoms with Crippen LogP contribution in [0.4, 0.5) is 4.39 Å². The first-order valence-electron chi connectivity index (χ1n) is 11.0. The van der Waals surface area contributed by atoms with E-state index in [0.717, 1.165) is 44.7 Å². The van der Waals surface area contributed by atoms with Crippen molar-refractivity contribution in [1.82, 2.24) is 14.8 Å². The Labute approximate surface area is 190 Å². The molecule has 0 saturated heterocycles. The van der Waals surface area contributed by atoms with Crippen LogP contribution in [-0.2, 0) is 6.54 Å². The van der Waals surface area contributed by atoms with E-state index in [2.05, 4.69) is 53.0 Å². The molecule has 0 aliphatic carbocycles. The number of aromatic nitrogens is 3. The minimum atomic E-state index is -0.245. The second-order valence-corrected chi connectivity index (χ2v) is 8.51. The average molecular weight is 439 g/mol. The molecule has 3 aromatic carbocycles. The van der Waals surface area contributed by atoms with Crippen molar-refractivity contribution >= 4 is 10.9 Å². The summed E-state index contributed by atoms with van der Waals surface area (Å²) < 4.78 is 27.3. The van der Waals surface area contributed by atoms with Crippen molar-refractivity contribution in [2.75, 3.05) is 13.2 Å². The van der Waals surface area contributed by atoms with Crippen molar-refractivity contribution in [3.63, 3.8) is 0 Å². The Morgan fingerprint density at radius 3 is 2.33 bits per heavy atom. The molecule has 0 radical (unpaired) electrons. The van der Waals surface area contributed by atoms with Crippen LogP contribution >= 0.6 is 0 Å². The van der Waals surface area contributed by atoms with E-state index in [9.17, 15) is 4.39 Å². The summed E-state index contributed by atoms with van der Waals surface area (Å²) in [5.41, 5.74) is 8.07. The molecule has 3 aliphatic rings. The van der Waals surface area contributed by atoms with Gasteiger partial charge in [-0.15, -0.1) is 10.2 Å². The highest BCUT2D eigenvalue weighted by molar-refractivity contribution is 5.99. The molecule has 0 unspecified atom stereocenters. The van der Waals surface area contributed by atoms with E-state index >= 15 is 0 Å². The van der Waals surface area contributed by atoms with Crippen LogP contribution < -0.4 is 9.47 Å². The minimum absolute atomic E-state index is 0.245. The van der Waals surface area contributed by atoms with Crippen molar-refractivity contribution in [3.8, 4) is 34.0 Å². The summed E-state index contributed by atoms with van der Waals surface area (Å²) >= 11 is 0. The van der Waals surface area contributed by atoms with Crippen LogP contribution in [0.2, 0.25) is 0 Å². The lowest BCUT2D eigenvalue weighted by Gasteiger charge is -2.21. The van der Waals surface area contributed by atoms with E-state index in [-0.39, 0.29) is 5.82 Å². The number of pyridine rings is 1. The predicted octanol–water partition coefficient (Wildman–Crippen LogP) is 5.78. The molecule has 5 nitrogen and oxygen atoms in total. The maximum Gasteiger partial charge on any atom is 0.163 e. The molecule has 3 aromatic rings. The van der Waals surface area contributed by atoms with Crippen LogP contribution in [-0.4, -0.2) is 28.0 Å². The molecule has 0 atom stereocenters. The lowest BCUT2D eigenvalue weighted by atomic mass is 9.98. The van der Waals surface area contributed by atoms with Gasteiger partial charge in [-0.05, 0) is 54.8 Å². The van der Waals surface area contributed by atoms with Gasteiger partial charge in [-0.1, -0.05) is 24.3 Å². The number of halogens is 1. The van der Waals surface area contributed by atoms with E-state index in [4.69, 9.17) is 9.47 Å². The van der Waals surface area contributed by atoms with Gasteiger partial charge < -0.3 is 14.0 Å². The second kappa shape index (κ2) is 7.59. The van der Waals surface area contributed by atoms with Gasteiger partial charge in [0.2, 0.25) is 0 Å². The Morgan fingerprint density at radius 1 is 0.848 bits per heavy atom. The van der Waals surface area contributed by atoms with Crippen molar-refractivity contribution in [3.05, 3.63) is 83.3 Å². The van der Waals surface area contributed by atoms with Gasteiger partial charge in [0.15, 0.2) is 11.5 Å². The molecule has 0 fully saturated rings. The van der Waals surface area contributed by atoms with Gasteiger partial charge in [-0.2, -0.15) is 0 Å². The molecule has 0 saturated carbocycles. The van der Waals surface area contributed by atoms with Gasteiger partial charge in [-0.25, -0.2) is 4.39 Å². The average Bonchev–Trinajstić information content (AvgIpc) is 3.25. The molecule has 0 bridgehead atoms. The van der Waals surface area contributed by atoms with E-state index in [1.54, 1.807) is 0 Å². The van der Waals surface area contributed by atoms with Gasteiger partial charge in [0.25, 0.3) is 0 Å². The second-order valence-electron chi connectivity index (χ2n) is 8.51. The molecule has 164 valence electrons. The number of hydrogen-bond donors (Lipinski definition) is 0. The summed E-state index contributed by atoms with van der Waals surface area (Å²) in [6, 6.07) is 16.9. The molecule has 3 heterocycles. The Bertz CT molecular complexity index is 1470. The van der Waals surface area contributed by atoms with Crippen LogP contribution in [0.25, 0.3) is 33.4 Å². The highest BCUT2D eigenvalue weighted by Crippen LogP contribution is 2.42. The maximum absolute atomic E-state index is 13.5. The molecule has 33 heavy (non-hydrogen) atoms. The zero-order valence-corrected chi connectivity index (χ0v) is 18.4. The van der Waals surface area contributed by atoms with Gasteiger partial charge in [0, 0.05) is 35.3 Å². The Kier molecular flexibility index (Phi) is 4.54. The fraction of sp³-hybridized carbons (Fsp3) is 0.185. The summed E-state index contributed by atoms with van der Waals surface area (Å²) in [5, 5.41) is 10.1.